The second kappa shape index (κ2) is 4.69. The number of aromatic nitrogens is 5. The monoisotopic (exact) mass is 282 g/mol. The molecule has 0 bridgehead atoms. The molecule has 21 heavy (non-hydrogen) atoms. The maximum absolute atomic E-state index is 12.1. The van der Waals surface area contributed by atoms with Gasteiger partial charge in [-0.1, -0.05) is 0 Å². The largest absolute Gasteiger partial charge is 0.345 e. The molecule has 1 saturated carbocycles. The van der Waals surface area contributed by atoms with E-state index in [9.17, 15) is 4.79 Å². The number of carbonyl (C=O) groups is 1. The van der Waals surface area contributed by atoms with E-state index < -0.39 is 0 Å². The highest BCUT2D eigenvalue weighted by molar-refractivity contribution is 5.92. The SMILES string of the molecule is O=C(NCc1[nH]nc2ncccc12)c1cc(C2CC2)[nH]n1. The highest BCUT2D eigenvalue weighted by Gasteiger charge is 2.26. The molecule has 0 unspecified atom stereocenters. The van der Waals surface area contributed by atoms with Gasteiger partial charge in [0.25, 0.3) is 5.91 Å². The first-order valence-electron chi connectivity index (χ1n) is 6.93. The van der Waals surface area contributed by atoms with Crippen molar-refractivity contribution in [1.29, 1.82) is 0 Å². The molecule has 1 aliphatic carbocycles. The standard InChI is InChI=1S/C14H14N6O/c21-14(11-6-10(17-18-11)8-3-4-8)16-7-12-9-2-1-5-15-13(9)20-19-12/h1-2,5-6,8H,3-4,7H2,(H,16,21)(H,17,18)(H,15,19,20). The van der Waals surface area contributed by atoms with Crippen molar-refractivity contribution < 1.29 is 4.79 Å². The summed E-state index contributed by atoms with van der Waals surface area (Å²) in [5.74, 6) is 0.367. The van der Waals surface area contributed by atoms with Crippen LogP contribution < -0.4 is 5.32 Å². The van der Waals surface area contributed by atoms with E-state index in [1.165, 1.54) is 12.8 Å². The van der Waals surface area contributed by atoms with E-state index in [0.29, 0.717) is 23.8 Å². The number of carbonyl (C=O) groups excluding carboxylic acids is 1. The summed E-state index contributed by atoms with van der Waals surface area (Å²) < 4.78 is 0. The molecule has 0 saturated heterocycles. The predicted octanol–water partition coefficient (Wildman–Crippen LogP) is 1.49. The third-order valence-electron chi connectivity index (χ3n) is 3.68. The van der Waals surface area contributed by atoms with Crippen LogP contribution in [0.2, 0.25) is 0 Å². The van der Waals surface area contributed by atoms with Crippen molar-refractivity contribution in [3.8, 4) is 0 Å². The molecule has 1 aliphatic rings. The van der Waals surface area contributed by atoms with Crippen LogP contribution in [-0.2, 0) is 6.54 Å². The molecule has 3 aromatic heterocycles. The van der Waals surface area contributed by atoms with Gasteiger partial charge >= 0.3 is 0 Å². The first kappa shape index (κ1) is 12.1. The van der Waals surface area contributed by atoms with E-state index in [-0.39, 0.29) is 5.91 Å². The van der Waals surface area contributed by atoms with E-state index in [1.54, 1.807) is 6.20 Å². The van der Waals surface area contributed by atoms with Crippen molar-refractivity contribution in [2.24, 2.45) is 0 Å². The number of hydrogen-bond donors (Lipinski definition) is 3. The topological polar surface area (TPSA) is 99.4 Å². The molecular weight excluding hydrogens is 268 g/mol. The highest BCUT2D eigenvalue weighted by Crippen LogP contribution is 2.38. The number of nitrogens with zero attached hydrogens (tertiary/aromatic N) is 3. The Bertz CT molecular complexity index is 801. The van der Waals surface area contributed by atoms with Crippen LogP contribution in [-0.4, -0.2) is 31.3 Å². The van der Waals surface area contributed by atoms with E-state index >= 15 is 0 Å². The Morgan fingerprint density at radius 1 is 1.33 bits per heavy atom. The molecular formula is C14H14N6O. The summed E-state index contributed by atoms with van der Waals surface area (Å²) in [6.45, 7) is 0.368. The van der Waals surface area contributed by atoms with Gasteiger partial charge in [0.2, 0.25) is 0 Å². The molecule has 0 atom stereocenters. The summed E-state index contributed by atoms with van der Waals surface area (Å²) in [5.41, 5.74) is 2.97. The zero-order chi connectivity index (χ0) is 14.2. The summed E-state index contributed by atoms with van der Waals surface area (Å²) >= 11 is 0. The van der Waals surface area contributed by atoms with Gasteiger partial charge in [-0.25, -0.2) is 4.98 Å². The van der Waals surface area contributed by atoms with Gasteiger partial charge < -0.3 is 5.32 Å². The molecule has 3 aromatic rings. The van der Waals surface area contributed by atoms with Crippen molar-refractivity contribution in [2.75, 3.05) is 0 Å². The van der Waals surface area contributed by atoms with Gasteiger partial charge in [-0.2, -0.15) is 10.2 Å². The Labute approximate surface area is 120 Å². The second-order valence-electron chi connectivity index (χ2n) is 5.24. The van der Waals surface area contributed by atoms with Crippen LogP contribution in [0.1, 0.15) is 40.6 Å². The van der Waals surface area contributed by atoms with Gasteiger partial charge in [0, 0.05) is 23.2 Å². The molecule has 106 valence electrons. The van der Waals surface area contributed by atoms with Crippen molar-refractivity contribution in [3.05, 3.63) is 41.5 Å². The number of fused-ring (bicyclic) bond motifs is 1. The lowest BCUT2D eigenvalue weighted by molar-refractivity contribution is 0.0945. The van der Waals surface area contributed by atoms with Crippen molar-refractivity contribution in [2.45, 2.75) is 25.3 Å². The van der Waals surface area contributed by atoms with E-state index in [2.05, 4.69) is 30.7 Å². The number of nitrogens with one attached hydrogen (secondary N) is 3. The van der Waals surface area contributed by atoms with Gasteiger partial charge in [-0.3, -0.25) is 15.0 Å². The van der Waals surface area contributed by atoms with Crippen LogP contribution >= 0.6 is 0 Å². The quantitative estimate of drug-likeness (QED) is 0.675. The minimum atomic E-state index is -0.190. The number of amides is 1. The Hall–Kier alpha value is -2.70. The van der Waals surface area contributed by atoms with Gasteiger partial charge in [-0.05, 0) is 31.0 Å². The molecule has 0 aromatic carbocycles. The molecule has 1 amide bonds. The average Bonchev–Trinajstić information content (AvgIpc) is 3.11. The predicted molar refractivity (Wildman–Crippen MR) is 75.6 cm³/mol. The van der Waals surface area contributed by atoms with Gasteiger partial charge in [0.1, 0.15) is 5.69 Å². The number of H-pyrrole nitrogens is 2. The van der Waals surface area contributed by atoms with Gasteiger partial charge in [-0.15, -0.1) is 0 Å². The smallest absolute Gasteiger partial charge is 0.272 e. The van der Waals surface area contributed by atoms with Crippen LogP contribution in [0.5, 0.6) is 0 Å². The minimum absolute atomic E-state index is 0.190. The Morgan fingerprint density at radius 3 is 3.10 bits per heavy atom. The van der Waals surface area contributed by atoms with Crippen molar-refractivity contribution in [1.82, 2.24) is 30.7 Å². The van der Waals surface area contributed by atoms with E-state index in [0.717, 1.165) is 16.8 Å². The van der Waals surface area contributed by atoms with Gasteiger partial charge in [0.15, 0.2) is 5.65 Å². The fourth-order valence-electron chi connectivity index (χ4n) is 2.35. The van der Waals surface area contributed by atoms with Crippen molar-refractivity contribution >= 4 is 16.9 Å². The third-order valence-corrected chi connectivity index (χ3v) is 3.68. The first-order chi connectivity index (χ1) is 10.3. The fraction of sp³-hybridized carbons (Fsp3) is 0.286. The molecule has 0 aliphatic heterocycles. The Kier molecular flexibility index (Phi) is 2.70. The maximum atomic E-state index is 12.1. The lowest BCUT2D eigenvalue weighted by atomic mass is 10.2. The fourth-order valence-corrected chi connectivity index (χ4v) is 2.35. The van der Waals surface area contributed by atoms with Crippen LogP contribution in [0.4, 0.5) is 0 Å². The zero-order valence-electron chi connectivity index (χ0n) is 11.3. The van der Waals surface area contributed by atoms with E-state index in [1.807, 2.05) is 18.2 Å². The lowest BCUT2D eigenvalue weighted by Gasteiger charge is -2.01. The van der Waals surface area contributed by atoms with Crippen LogP contribution in [0.25, 0.3) is 11.0 Å². The third kappa shape index (κ3) is 2.26. The van der Waals surface area contributed by atoms with Crippen LogP contribution in [0.3, 0.4) is 0 Å². The summed E-state index contributed by atoms with van der Waals surface area (Å²) in [4.78, 5) is 16.2. The number of hydrogen-bond acceptors (Lipinski definition) is 4. The average molecular weight is 282 g/mol. The van der Waals surface area contributed by atoms with Crippen molar-refractivity contribution in [3.63, 3.8) is 0 Å². The number of aromatic amines is 2. The van der Waals surface area contributed by atoms with Crippen LogP contribution in [0, 0.1) is 0 Å². The molecule has 3 N–H and O–H groups in total. The molecule has 7 heteroatoms. The highest BCUT2D eigenvalue weighted by atomic mass is 16.1. The Morgan fingerprint density at radius 2 is 2.24 bits per heavy atom. The lowest BCUT2D eigenvalue weighted by Crippen LogP contribution is -2.23. The molecule has 4 rings (SSSR count). The summed E-state index contributed by atoms with van der Waals surface area (Å²) in [6, 6.07) is 5.60. The minimum Gasteiger partial charge on any atom is -0.345 e. The molecule has 3 heterocycles. The molecule has 0 spiro atoms. The second-order valence-corrected chi connectivity index (χ2v) is 5.24. The number of pyridine rings is 1. The normalized spacial score (nSPS) is 14.5. The van der Waals surface area contributed by atoms with Gasteiger partial charge in [0.05, 0.1) is 12.2 Å². The van der Waals surface area contributed by atoms with E-state index in [4.69, 9.17) is 0 Å². The zero-order valence-corrected chi connectivity index (χ0v) is 11.3. The van der Waals surface area contributed by atoms with Crippen LogP contribution in [0.15, 0.2) is 24.4 Å². The molecule has 7 nitrogen and oxygen atoms in total. The number of rotatable bonds is 4. The maximum Gasteiger partial charge on any atom is 0.272 e. The summed E-state index contributed by atoms with van der Waals surface area (Å²) in [6.07, 6.45) is 4.04. The first-order valence-corrected chi connectivity index (χ1v) is 6.93. The molecule has 0 radical (unpaired) electrons. The summed E-state index contributed by atoms with van der Waals surface area (Å²) in [7, 11) is 0. The summed E-state index contributed by atoms with van der Waals surface area (Å²) in [5, 5.41) is 17.8. The molecule has 1 fully saturated rings. The Balaban J connectivity index is 1.46.